The lowest BCUT2D eigenvalue weighted by atomic mass is 9.95. The predicted molar refractivity (Wildman–Crippen MR) is 117 cm³/mol. The second-order valence-corrected chi connectivity index (χ2v) is 7.26. The summed E-state index contributed by atoms with van der Waals surface area (Å²) in [5, 5.41) is 5.32. The lowest BCUT2D eigenvalue weighted by molar-refractivity contribution is -0.132. The number of carbonyl (C=O) groups is 3. The minimum atomic E-state index is -1.07. The van der Waals surface area contributed by atoms with Crippen molar-refractivity contribution in [1.82, 2.24) is 10.6 Å². The zero-order chi connectivity index (χ0) is 22.4. The summed E-state index contributed by atoms with van der Waals surface area (Å²) < 4.78 is 10.1. The van der Waals surface area contributed by atoms with E-state index >= 15 is 0 Å². The number of hydrogen-bond donors (Lipinski definition) is 2. The molecule has 0 bridgehead atoms. The maximum Gasteiger partial charge on any atom is 0.407 e. The van der Waals surface area contributed by atoms with E-state index in [4.69, 9.17) is 9.47 Å². The van der Waals surface area contributed by atoms with Crippen LogP contribution in [0, 0.1) is 0 Å². The number of likely N-dealkylation sites (N-methyl/N-ethyl adjacent to an activating group) is 1. The van der Waals surface area contributed by atoms with Gasteiger partial charge in [-0.3, -0.25) is 9.59 Å². The third kappa shape index (κ3) is 5.03. The van der Waals surface area contributed by atoms with Gasteiger partial charge in [-0.1, -0.05) is 42.5 Å². The van der Waals surface area contributed by atoms with Crippen molar-refractivity contribution in [3.05, 3.63) is 54.1 Å². The molecule has 0 spiro atoms. The van der Waals surface area contributed by atoms with Gasteiger partial charge in [-0.2, -0.15) is 0 Å². The van der Waals surface area contributed by atoms with E-state index in [0.29, 0.717) is 25.1 Å². The Kier molecular flexibility index (Phi) is 7.25. The minimum absolute atomic E-state index is 0.276. The standard InChI is InChI=1S/C23H27N3O5/c1-15(31-23(29)24-13-8-14-30-3)21(27)25-20-18-11-5-4-9-16(18)17-10-6-7-12-19(17)26(2)22(20)28/h4-7,9-12,15,20H,8,13-14H2,1-3H3,(H,24,29)(H,25,27)/t15?,20-/m0/s1. The number of para-hydroxylation sites is 1. The Balaban J connectivity index is 1.76. The molecule has 2 N–H and O–H groups in total. The van der Waals surface area contributed by atoms with Gasteiger partial charge >= 0.3 is 6.09 Å². The van der Waals surface area contributed by atoms with Crippen LogP contribution in [-0.2, 0) is 19.1 Å². The number of benzene rings is 2. The summed E-state index contributed by atoms with van der Waals surface area (Å²) in [6.07, 6.45) is -1.14. The summed E-state index contributed by atoms with van der Waals surface area (Å²) in [6, 6.07) is 14.2. The van der Waals surface area contributed by atoms with Gasteiger partial charge in [-0.25, -0.2) is 4.79 Å². The predicted octanol–water partition coefficient (Wildman–Crippen LogP) is 2.64. The molecular formula is C23H27N3O5. The van der Waals surface area contributed by atoms with Crippen molar-refractivity contribution in [3.8, 4) is 11.1 Å². The molecule has 31 heavy (non-hydrogen) atoms. The fraction of sp³-hybridized carbons (Fsp3) is 0.348. The number of nitrogens with one attached hydrogen (secondary N) is 2. The summed E-state index contributed by atoms with van der Waals surface area (Å²) in [5.74, 6) is -0.832. The van der Waals surface area contributed by atoms with Gasteiger partial charge in [0.1, 0.15) is 6.04 Å². The van der Waals surface area contributed by atoms with Gasteiger partial charge in [0.25, 0.3) is 11.8 Å². The summed E-state index contributed by atoms with van der Waals surface area (Å²) >= 11 is 0. The Hall–Kier alpha value is -3.39. The van der Waals surface area contributed by atoms with Crippen LogP contribution >= 0.6 is 0 Å². The Morgan fingerprint density at radius 3 is 2.52 bits per heavy atom. The van der Waals surface area contributed by atoms with Gasteiger partial charge in [0, 0.05) is 32.9 Å². The topological polar surface area (TPSA) is 97.0 Å². The third-order valence-corrected chi connectivity index (χ3v) is 5.14. The molecule has 1 heterocycles. The smallest absolute Gasteiger partial charge is 0.407 e. The number of hydrogen-bond acceptors (Lipinski definition) is 5. The number of ether oxygens (including phenoxy) is 2. The van der Waals surface area contributed by atoms with Crippen LogP contribution in [0.2, 0.25) is 0 Å². The van der Waals surface area contributed by atoms with Gasteiger partial charge in [0.15, 0.2) is 6.10 Å². The number of anilines is 1. The summed E-state index contributed by atoms with van der Waals surface area (Å²) in [6.45, 7) is 2.35. The van der Waals surface area contributed by atoms with Gasteiger partial charge in [-0.05, 0) is 30.5 Å². The van der Waals surface area contributed by atoms with Gasteiger partial charge in [-0.15, -0.1) is 0 Å². The number of rotatable bonds is 7. The fourth-order valence-electron chi connectivity index (χ4n) is 3.50. The van der Waals surface area contributed by atoms with E-state index in [1.807, 2.05) is 48.5 Å². The van der Waals surface area contributed by atoms with Crippen LogP contribution in [0.5, 0.6) is 0 Å². The molecule has 2 aromatic rings. The van der Waals surface area contributed by atoms with Crippen LogP contribution in [0.25, 0.3) is 11.1 Å². The van der Waals surface area contributed by atoms with Crippen LogP contribution in [-0.4, -0.2) is 51.3 Å². The van der Waals surface area contributed by atoms with E-state index in [2.05, 4.69) is 10.6 Å². The summed E-state index contributed by atoms with van der Waals surface area (Å²) in [5.41, 5.74) is 3.22. The van der Waals surface area contributed by atoms with Gasteiger partial charge in [0.2, 0.25) is 0 Å². The van der Waals surface area contributed by atoms with E-state index < -0.39 is 24.1 Å². The highest BCUT2D eigenvalue weighted by atomic mass is 16.6. The van der Waals surface area contributed by atoms with Crippen molar-refractivity contribution in [2.24, 2.45) is 0 Å². The molecule has 0 aromatic heterocycles. The Labute approximate surface area is 181 Å². The molecule has 0 radical (unpaired) electrons. The van der Waals surface area contributed by atoms with Crippen LogP contribution in [0.1, 0.15) is 24.9 Å². The molecule has 2 aromatic carbocycles. The van der Waals surface area contributed by atoms with Crippen molar-refractivity contribution in [2.75, 3.05) is 32.2 Å². The van der Waals surface area contributed by atoms with E-state index in [9.17, 15) is 14.4 Å². The molecule has 0 saturated heterocycles. The lowest BCUT2D eigenvalue weighted by Crippen LogP contribution is -2.45. The zero-order valence-electron chi connectivity index (χ0n) is 17.9. The van der Waals surface area contributed by atoms with Gasteiger partial charge < -0.3 is 25.0 Å². The minimum Gasteiger partial charge on any atom is -0.436 e. The van der Waals surface area contributed by atoms with Crippen LogP contribution in [0.15, 0.2) is 48.5 Å². The number of nitrogens with zero attached hydrogens (tertiary/aromatic N) is 1. The van der Waals surface area contributed by atoms with Crippen molar-refractivity contribution < 1.29 is 23.9 Å². The average Bonchev–Trinajstić information content (AvgIpc) is 2.86. The highest BCUT2D eigenvalue weighted by Crippen LogP contribution is 2.39. The monoisotopic (exact) mass is 425 g/mol. The molecule has 0 saturated carbocycles. The highest BCUT2D eigenvalue weighted by Gasteiger charge is 2.34. The maximum atomic E-state index is 13.2. The summed E-state index contributed by atoms with van der Waals surface area (Å²) in [7, 11) is 3.26. The van der Waals surface area contributed by atoms with Crippen LogP contribution < -0.4 is 15.5 Å². The second kappa shape index (κ2) is 10.1. The van der Waals surface area contributed by atoms with E-state index in [1.165, 1.54) is 11.8 Å². The summed E-state index contributed by atoms with van der Waals surface area (Å²) in [4.78, 5) is 39.4. The number of amides is 3. The van der Waals surface area contributed by atoms with Crippen molar-refractivity contribution in [1.29, 1.82) is 0 Å². The molecule has 164 valence electrons. The second-order valence-electron chi connectivity index (χ2n) is 7.26. The molecule has 2 atom stereocenters. The van der Waals surface area contributed by atoms with Crippen molar-refractivity contribution >= 4 is 23.6 Å². The normalized spacial score (nSPS) is 15.9. The highest BCUT2D eigenvalue weighted by molar-refractivity contribution is 6.06. The first-order valence-corrected chi connectivity index (χ1v) is 10.1. The molecule has 0 aliphatic carbocycles. The van der Waals surface area contributed by atoms with Crippen molar-refractivity contribution in [3.63, 3.8) is 0 Å². The molecule has 3 amide bonds. The van der Waals surface area contributed by atoms with E-state index in [0.717, 1.165) is 16.8 Å². The molecule has 1 unspecified atom stereocenters. The Morgan fingerprint density at radius 1 is 1.10 bits per heavy atom. The van der Waals surface area contributed by atoms with Crippen LogP contribution in [0.3, 0.4) is 0 Å². The maximum absolute atomic E-state index is 13.2. The van der Waals surface area contributed by atoms with E-state index in [1.54, 1.807) is 14.2 Å². The first kappa shape index (κ1) is 22.3. The van der Waals surface area contributed by atoms with Crippen LogP contribution in [0.4, 0.5) is 10.5 Å². The quantitative estimate of drug-likeness (QED) is 0.665. The fourth-order valence-corrected chi connectivity index (χ4v) is 3.50. The molecule has 0 fully saturated rings. The Bertz CT molecular complexity index is 962. The third-order valence-electron chi connectivity index (χ3n) is 5.14. The number of alkyl carbamates (subject to hydrolysis) is 1. The largest absolute Gasteiger partial charge is 0.436 e. The van der Waals surface area contributed by atoms with Crippen molar-refractivity contribution in [2.45, 2.75) is 25.5 Å². The number of carbonyl (C=O) groups excluding carboxylic acids is 3. The lowest BCUT2D eigenvalue weighted by Gasteiger charge is -2.24. The molecule has 3 rings (SSSR count). The van der Waals surface area contributed by atoms with E-state index in [-0.39, 0.29) is 5.91 Å². The zero-order valence-corrected chi connectivity index (χ0v) is 17.9. The first-order chi connectivity index (χ1) is 14.9. The SMILES string of the molecule is COCCCNC(=O)OC(C)C(=O)N[C@@H]1C(=O)N(C)c2ccccc2-c2ccccc21. The Morgan fingerprint density at radius 2 is 1.77 bits per heavy atom. The average molecular weight is 425 g/mol. The number of methoxy groups -OCH3 is 1. The molecule has 1 aliphatic heterocycles. The molecule has 8 heteroatoms. The first-order valence-electron chi connectivity index (χ1n) is 10.1. The molecule has 1 aliphatic rings. The van der Waals surface area contributed by atoms with Gasteiger partial charge in [0.05, 0.1) is 5.69 Å². The number of fused-ring (bicyclic) bond motifs is 3. The molecular weight excluding hydrogens is 398 g/mol. The molecule has 8 nitrogen and oxygen atoms in total.